The van der Waals surface area contributed by atoms with Crippen molar-refractivity contribution >= 4 is 17.3 Å². The van der Waals surface area contributed by atoms with Crippen molar-refractivity contribution in [2.24, 2.45) is 5.92 Å². The van der Waals surface area contributed by atoms with E-state index in [4.69, 9.17) is 0 Å². The van der Waals surface area contributed by atoms with Gasteiger partial charge in [-0.25, -0.2) is 0 Å². The van der Waals surface area contributed by atoms with Crippen molar-refractivity contribution in [1.82, 2.24) is 10.6 Å². The van der Waals surface area contributed by atoms with Gasteiger partial charge in [-0.15, -0.1) is 0 Å². The third-order valence-electron chi connectivity index (χ3n) is 5.28. The number of nitrogens with one attached hydrogen (secondary N) is 3. The summed E-state index contributed by atoms with van der Waals surface area (Å²) in [5.74, 6) is 0.827. The number of nitrogens with zero attached hydrogens (tertiary/aromatic N) is 1. The molecular weight excluding hydrogens is 276 g/mol. The lowest BCUT2D eigenvalue weighted by molar-refractivity contribution is -0.124. The highest BCUT2D eigenvalue weighted by Gasteiger charge is 2.46. The van der Waals surface area contributed by atoms with Crippen LogP contribution in [0.4, 0.5) is 11.4 Å². The molecule has 5 heteroatoms. The van der Waals surface area contributed by atoms with Crippen molar-refractivity contribution in [2.45, 2.75) is 24.8 Å². The SMILES string of the molecule is O=C1N(CC2CCNC2)c2ccccc2NC12CCNCC2. The van der Waals surface area contributed by atoms with Crippen LogP contribution in [0.1, 0.15) is 19.3 Å². The number of amides is 1. The Kier molecular flexibility index (Phi) is 3.54. The lowest BCUT2D eigenvalue weighted by Crippen LogP contribution is -2.62. The molecule has 4 rings (SSSR count). The fraction of sp³-hybridized carbons (Fsp3) is 0.588. The van der Waals surface area contributed by atoms with Gasteiger partial charge in [-0.1, -0.05) is 12.1 Å². The van der Waals surface area contributed by atoms with Crippen LogP contribution in [0.5, 0.6) is 0 Å². The summed E-state index contributed by atoms with van der Waals surface area (Å²) in [4.78, 5) is 15.3. The standard InChI is InChI=1S/C17H24N4O/c22-16-17(6-9-18-10-7-17)20-14-3-1-2-4-15(14)21(16)12-13-5-8-19-11-13/h1-4,13,18-20H,5-12H2. The van der Waals surface area contributed by atoms with Crippen molar-refractivity contribution in [2.75, 3.05) is 42.9 Å². The molecule has 1 aromatic rings. The van der Waals surface area contributed by atoms with Crippen molar-refractivity contribution in [3.63, 3.8) is 0 Å². The summed E-state index contributed by atoms with van der Waals surface area (Å²) < 4.78 is 0. The molecule has 22 heavy (non-hydrogen) atoms. The average Bonchev–Trinajstić information content (AvgIpc) is 3.06. The van der Waals surface area contributed by atoms with Crippen LogP contribution in [0, 0.1) is 5.92 Å². The molecule has 3 aliphatic heterocycles. The Hall–Kier alpha value is -1.59. The van der Waals surface area contributed by atoms with Gasteiger partial charge in [-0.3, -0.25) is 4.79 Å². The lowest BCUT2D eigenvalue weighted by Gasteiger charge is -2.46. The fourth-order valence-electron chi connectivity index (χ4n) is 4.00. The molecule has 0 aromatic heterocycles. The fourth-order valence-corrected chi connectivity index (χ4v) is 4.00. The number of carbonyl (C=O) groups excluding carboxylic acids is 1. The molecule has 3 heterocycles. The normalized spacial score (nSPS) is 26.8. The van der Waals surface area contributed by atoms with Crippen LogP contribution >= 0.6 is 0 Å². The van der Waals surface area contributed by atoms with Crippen LogP contribution in [0.3, 0.4) is 0 Å². The van der Waals surface area contributed by atoms with E-state index >= 15 is 0 Å². The van der Waals surface area contributed by atoms with Crippen LogP contribution in [0.15, 0.2) is 24.3 Å². The number of anilines is 2. The van der Waals surface area contributed by atoms with Crippen molar-refractivity contribution in [3.8, 4) is 0 Å². The second-order valence-corrected chi connectivity index (χ2v) is 6.75. The Labute approximate surface area is 131 Å². The van der Waals surface area contributed by atoms with Crippen LogP contribution < -0.4 is 20.9 Å². The van der Waals surface area contributed by atoms with E-state index in [2.05, 4.69) is 33.0 Å². The summed E-state index contributed by atoms with van der Waals surface area (Å²) in [5.41, 5.74) is 1.74. The molecule has 5 nitrogen and oxygen atoms in total. The summed E-state index contributed by atoms with van der Waals surface area (Å²) in [7, 11) is 0. The van der Waals surface area contributed by atoms with E-state index in [1.165, 1.54) is 0 Å². The maximum Gasteiger partial charge on any atom is 0.252 e. The van der Waals surface area contributed by atoms with Gasteiger partial charge in [0.15, 0.2) is 0 Å². The van der Waals surface area contributed by atoms with Crippen molar-refractivity contribution in [3.05, 3.63) is 24.3 Å². The second kappa shape index (κ2) is 5.56. The number of carbonyl (C=O) groups is 1. The number of fused-ring (bicyclic) bond motifs is 1. The smallest absolute Gasteiger partial charge is 0.252 e. The Morgan fingerprint density at radius 2 is 1.95 bits per heavy atom. The highest BCUT2D eigenvalue weighted by Crippen LogP contribution is 2.39. The molecule has 0 aliphatic carbocycles. The van der Waals surface area contributed by atoms with Crippen LogP contribution in [0.2, 0.25) is 0 Å². The minimum absolute atomic E-state index is 0.264. The molecule has 0 bridgehead atoms. The number of piperidine rings is 1. The summed E-state index contributed by atoms with van der Waals surface area (Å²) in [6.45, 7) is 4.73. The molecule has 3 aliphatic rings. The van der Waals surface area contributed by atoms with E-state index in [1.54, 1.807) is 0 Å². The van der Waals surface area contributed by atoms with E-state index in [9.17, 15) is 4.79 Å². The maximum atomic E-state index is 13.3. The van der Waals surface area contributed by atoms with E-state index in [-0.39, 0.29) is 5.91 Å². The Morgan fingerprint density at radius 1 is 1.14 bits per heavy atom. The molecule has 1 aromatic carbocycles. The first-order valence-corrected chi connectivity index (χ1v) is 8.39. The van der Waals surface area contributed by atoms with Crippen LogP contribution in [0.25, 0.3) is 0 Å². The lowest BCUT2D eigenvalue weighted by atomic mass is 9.84. The van der Waals surface area contributed by atoms with Gasteiger partial charge in [-0.05, 0) is 63.5 Å². The number of hydrogen-bond donors (Lipinski definition) is 3. The Bertz CT molecular complexity index is 562. The largest absolute Gasteiger partial charge is 0.369 e. The molecule has 1 spiro atoms. The van der Waals surface area contributed by atoms with E-state index in [0.29, 0.717) is 5.92 Å². The predicted octanol–water partition coefficient (Wildman–Crippen LogP) is 1.18. The summed E-state index contributed by atoms with van der Waals surface area (Å²) in [6.07, 6.45) is 2.88. The van der Waals surface area contributed by atoms with Crippen molar-refractivity contribution < 1.29 is 4.79 Å². The number of benzene rings is 1. The molecule has 0 saturated carbocycles. The monoisotopic (exact) mass is 300 g/mol. The van der Waals surface area contributed by atoms with Gasteiger partial charge in [0, 0.05) is 6.54 Å². The molecule has 2 saturated heterocycles. The van der Waals surface area contributed by atoms with E-state index in [0.717, 1.165) is 63.4 Å². The zero-order valence-corrected chi connectivity index (χ0v) is 12.9. The first-order valence-electron chi connectivity index (χ1n) is 8.39. The van der Waals surface area contributed by atoms with Gasteiger partial charge >= 0.3 is 0 Å². The number of hydrogen-bond acceptors (Lipinski definition) is 4. The number of para-hydroxylation sites is 2. The topological polar surface area (TPSA) is 56.4 Å². The van der Waals surface area contributed by atoms with Crippen LogP contribution in [-0.2, 0) is 4.79 Å². The van der Waals surface area contributed by atoms with E-state index < -0.39 is 5.54 Å². The zero-order valence-electron chi connectivity index (χ0n) is 12.9. The zero-order chi connectivity index (χ0) is 15.0. The van der Waals surface area contributed by atoms with Gasteiger partial charge in [0.2, 0.25) is 0 Å². The quantitative estimate of drug-likeness (QED) is 0.768. The molecule has 1 atom stereocenters. The summed E-state index contributed by atoms with van der Waals surface area (Å²) in [5, 5.41) is 10.3. The Morgan fingerprint density at radius 3 is 2.73 bits per heavy atom. The molecule has 118 valence electrons. The van der Waals surface area contributed by atoms with Gasteiger partial charge in [0.05, 0.1) is 11.4 Å². The third-order valence-corrected chi connectivity index (χ3v) is 5.28. The van der Waals surface area contributed by atoms with Gasteiger partial charge in [0.25, 0.3) is 5.91 Å². The molecule has 0 radical (unpaired) electrons. The molecule has 2 fully saturated rings. The molecule has 1 amide bonds. The summed E-state index contributed by atoms with van der Waals surface area (Å²) >= 11 is 0. The molecule has 1 unspecified atom stereocenters. The van der Waals surface area contributed by atoms with Crippen molar-refractivity contribution in [1.29, 1.82) is 0 Å². The summed E-state index contributed by atoms with van der Waals surface area (Å²) in [6, 6.07) is 8.24. The van der Waals surface area contributed by atoms with Gasteiger partial charge in [-0.2, -0.15) is 0 Å². The Balaban J connectivity index is 1.68. The highest BCUT2D eigenvalue weighted by molar-refractivity contribution is 6.08. The second-order valence-electron chi connectivity index (χ2n) is 6.75. The highest BCUT2D eigenvalue weighted by atomic mass is 16.2. The minimum Gasteiger partial charge on any atom is -0.369 e. The van der Waals surface area contributed by atoms with Gasteiger partial charge < -0.3 is 20.9 Å². The predicted molar refractivity (Wildman–Crippen MR) is 88.2 cm³/mol. The first kappa shape index (κ1) is 14.0. The average molecular weight is 300 g/mol. The third kappa shape index (κ3) is 2.29. The minimum atomic E-state index is -0.411. The molecule has 3 N–H and O–H groups in total. The first-order chi connectivity index (χ1) is 10.8. The van der Waals surface area contributed by atoms with Gasteiger partial charge in [0.1, 0.15) is 5.54 Å². The maximum absolute atomic E-state index is 13.3. The molecular formula is C17H24N4O. The number of rotatable bonds is 2. The van der Waals surface area contributed by atoms with E-state index in [1.807, 2.05) is 12.1 Å². The van der Waals surface area contributed by atoms with Crippen LogP contribution in [-0.4, -0.2) is 44.2 Å².